The lowest BCUT2D eigenvalue weighted by Crippen LogP contribution is -2.45. The minimum atomic E-state index is -0.643. The van der Waals surface area contributed by atoms with Crippen molar-refractivity contribution in [2.24, 2.45) is 0 Å². The van der Waals surface area contributed by atoms with Crippen LogP contribution in [0.3, 0.4) is 0 Å². The van der Waals surface area contributed by atoms with E-state index < -0.39 is 11.1 Å². The first kappa shape index (κ1) is 26.8. The fourth-order valence-electron chi connectivity index (χ4n) is 4.22. The van der Waals surface area contributed by atoms with Gasteiger partial charge in [0.1, 0.15) is 0 Å². The zero-order chi connectivity index (χ0) is 26.7. The molecule has 0 atom stereocenters. The van der Waals surface area contributed by atoms with Crippen molar-refractivity contribution < 1.29 is 9.59 Å². The maximum Gasteiger partial charge on any atom is 0.319 e. The van der Waals surface area contributed by atoms with E-state index in [9.17, 15) is 9.59 Å². The number of urea groups is 2. The first-order chi connectivity index (χ1) is 16.8. The first-order valence-corrected chi connectivity index (χ1v) is 12.2. The molecule has 0 bridgehead atoms. The second-order valence-electron chi connectivity index (χ2n) is 10.6. The second-order valence-corrected chi connectivity index (χ2v) is 10.6. The van der Waals surface area contributed by atoms with Crippen molar-refractivity contribution >= 4 is 23.4 Å². The molecule has 0 unspecified atom stereocenters. The second kappa shape index (κ2) is 10.4. The maximum absolute atomic E-state index is 12.8. The van der Waals surface area contributed by atoms with Crippen LogP contribution in [0.1, 0.15) is 61.1 Å². The lowest BCUT2D eigenvalue weighted by atomic mass is 9.87. The summed E-state index contributed by atoms with van der Waals surface area (Å²) in [6.07, 6.45) is 0. The van der Waals surface area contributed by atoms with Crippen LogP contribution >= 0.6 is 0 Å². The number of carbonyl (C=O) groups excluding carboxylic acids is 2. The predicted molar refractivity (Wildman–Crippen MR) is 149 cm³/mol. The number of hydrogen-bond acceptors (Lipinski definition) is 2. The molecule has 0 saturated heterocycles. The Morgan fingerprint density at radius 3 is 1.33 bits per heavy atom. The van der Waals surface area contributed by atoms with E-state index in [1.165, 1.54) is 0 Å². The summed E-state index contributed by atoms with van der Waals surface area (Å²) in [5.41, 5.74) is 6.45. The van der Waals surface area contributed by atoms with Gasteiger partial charge in [-0.3, -0.25) is 0 Å². The molecule has 0 fully saturated rings. The SMILES string of the molecule is Cc1ccc(NC(=O)NC(C)(C)c2cccc(C(C)(C)NC(=O)Nc3ccc(C)cc3C)c2)c(C)c1. The largest absolute Gasteiger partial charge is 0.329 e. The molecule has 0 heterocycles. The van der Waals surface area contributed by atoms with Crippen LogP contribution in [0.15, 0.2) is 60.7 Å². The Hall–Kier alpha value is -3.80. The lowest BCUT2D eigenvalue weighted by molar-refractivity contribution is 0.241. The third-order valence-corrected chi connectivity index (χ3v) is 6.42. The van der Waals surface area contributed by atoms with E-state index in [0.29, 0.717) is 0 Å². The predicted octanol–water partition coefficient (Wildman–Crippen LogP) is 7.03. The van der Waals surface area contributed by atoms with E-state index in [1.54, 1.807) is 0 Å². The highest BCUT2D eigenvalue weighted by Crippen LogP contribution is 2.27. The minimum Gasteiger partial charge on any atom is -0.329 e. The third-order valence-electron chi connectivity index (χ3n) is 6.42. The maximum atomic E-state index is 12.8. The third kappa shape index (κ3) is 6.66. The van der Waals surface area contributed by atoms with E-state index in [0.717, 1.165) is 44.8 Å². The number of amides is 4. The van der Waals surface area contributed by atoms with Crippen LogP contribution in [0.5, 0.6) is 0 Å². The van der Waals surface area contributed by atoms with Gasteiger partial charge in [-0.15, -0.1) is 0 Å². The van der Waals surface area contributed by atoms with Gasteiger partial charge in [0.25, 0.3) is 0 Å². The monoisotopic (exact) mass is 486 g/mol. The first-order valence-electron chi connectivity index (χ1n) is 12.2. The smallest absolute Gasteiger partial charge is 0.319 e. The summed E-state index contributed by atoms with van der Waals surface area (Å²) in [4.78, 5) is 25.6. The van der Waals surface area contributed by atoms with Crippen molar-refractivity contribution in [3.05, 3.63) is 94.0 Å². The summed E-state index contributed by atoms with van der Waals surface area (Å²) in [5, 5.41) is 12.1. The quantitative estimate of drug-likeness (QED) is 0.301. The topological polar surface area (TPSA) is 82.3 Å². The number of anilines is 2. The van der Waals surface area contributed by atoms with Gasteiger partial charge in [0.15, 0.2) is 0 Å². The number of hydrogen-bond donors (Lipinski definition) is 4. The zero-order valence-corrected chi connectivity index (χ0v) is 22.6. The van der Waals surface area contributed by atoms with Gasteiger partial charge in [0, 0.05) is 11.4 Å². The Morgan fingerprint density at radius 2 is 0.972 bits per heavy atom. The van der Waals surface area contributed by atoms with Gasteiger partial charge in [-0.25, -0.2) is 9.59 Å². The molecule has 4 N–H and O–H groups in total. The van der Waals surface area contributed by atoms with Crippen LogP contribution in [0, 0.1) is 27.7 Å². The molecule has 3 rings (SSSR count). The molecule has 0 spiro atoms. The fourth-order valence-corrected chi connectivity index (χ4v) is 4.22. The Kier molecular flexibility index (Phi) is 7.77. The molecule has 0 radical (unpaired) electrons. The number of carbonyl (C=O) groups is 2. The highest BCUT2D eigenvalue weighted by atomic mass is 16.2. The van der Waals surface area contributed by atoms with Crippen LogP contribution in [-0.4, -0.2) is 12.1 Å². The molecule has 190 valence electrons. The summed E-state index contributed by atoms with van der Waals surface area (Å²) in [5.74, 6) is 0. The van der Waals surface area contributed by atoms with Gasteiger partial charge in [0.05, 0.1) is 11.1 Å². The number of benzene rings is 3. The summed E-state index contributed by atoms with van der Waals surface area (Å²) in [6.45, 7) is 15.8. The van der Waals surface area contributed by atoms with Crippen molar-refractivity contribution in [1.82, 2.24) is 10.6 Å². The Labute approximate surface area is 214 Å². The van der Waals surface area contributed by atoms with Gasteiger partial charge in [-0.2, -0.15) is 0 Å². The van der Waals surface area contributed by atoms with Crippen LogP contribution in [-0.2, 0) is 11.1 Å². The lowest BCUT2D eigenvalue weighted by Gasteiger charge is -2.31. The summed E-state index contributed by atoms with van der Waals surface area (Å²) in [7, 11) is 0. The molecule has 0 aromatic heterocycles. The van der Waals surface area contributed by atoms with Crippen molar-refractivity contribution in [2.75, 3.05) is 10.6 Å². The molecule has 0 aliphatic carbocycles. The number of nitrogens with one attached hydrogen (secondary N) is 4. The number of aryl methyl sites for hydroxylation is 4. The van der Waals surface area contributed by atoms with E-state index in [-0.39, 0.29) is 12.1 Å². The van der Waals surface area contributed by atoms with Crippen LogP contribution in [0.25, 0.3) is 0 Å². The Morgan fingerprint density at radius 1 is 0.583 bits per heavy atom. The summed E-state index contributed by atoms with van der Waals surface area (Å²) >= 11 is 0. The average Bonchev–Trinajstić information content (AvgIpc) is 2.77. The summed E-state index contributed by atoms with van der Waals surface area (Å²) in [6, 6.07) is 19.2. The molecule has 36 heavy (non-hydrogen) atoms. The minimum absolute atomic E-state index is 0.275. The molecule has 3 aromatic rings. The molecule has 0 aliphatic heterocycles. The highest BCUT2D eigenvalue weighted by molar-refractivity contribution is 5.91. The van der Waals surface area contributed by atoms with E-state index >= 15 is 0 Å². The number of rotatable bonds is 6. The van der Waals surface area contributed by atoms with E-state index in [1.807, 2.05) is 116 Å². The molecule has 4 amide bonds. The average molecular weight is 487 g/mol. The van der Waals surface area contributed by atoms with Crippen LogP contribution in [0.4, 0.5) is 21.0 Å². The van der Waals surface area contributed by atoms with Crippen molar-refractivity contribution in [3.8, 4) is 0 Å². The van der Waals surface area contributed by atoms with Gasteiger partial charge in [0.2, 0.25) is 0 Å². The van der Waals surface area contributed by atoms with Crippen molar-refractivity contribution in [3.63, 3.8) is 0 Å². The summed E-state index contributed by atoms with van der Waals surface area (Å²) < 4.78 is 0. The standard InChI is InChI=1S/C30H38N4O2/c1-19-12-14-25(21(3)16-19)31-27(35)33-29(5,6)23-10-9-11-24(18-23)30(7,8)34-28(36)32-26-15-13-20(2)17-22(26)4/h9-18H,1-8H3,(H2,31,33,35)(H2,32,34,36). The zero-order valence-electron chi connectivity index (χ0n) is 22.6. The van der Waals surface area contributed by atoms with E-state index in [4.69, 9.17) is 0 Å². The molecular weight excluding hydrogens is 448 g/mol. The molecular formula is C30H38N4O2. The molecule has 0 saturated carbocycles. The molecule has 6 heteroatoms. The van der Waals surface area contributed by atoms with Gasteiger partial charge in [-0.1, -0.05) is 59.7 Å². The highest BCUT2D eigenvalue weighted by Gasteiger charge is 2.28. The van der Waals surface area contributed by atoms with Crippen LogP contribution < -0.4 is 21.3 Å². The normalized spacial score (nSPS) is 11.6. The Bertz CT molecular complexity index is 1180. The van der Waals surface area contributed by atoms with Gasteiger partial charge >= 0.3 is 12.1 Å². The Balaban J connectivity index is 1.71. The van der Waals surface area contributed by atoms with Crippen molar-refractivity contribution in [2.45, 2.75) is 66.5 Å². The fraction of sp³-hybridized carbons (Fsp3) is 0.333. The molecule has 3 aromatic carbocycles. The van der Waals surface area contributed by atoms with Crippen LogP contribution in [0.2, 0.25) is 0 Å². The molecule has 6 nitrogen and oxygen atoms in total. The van der Waals surface area contributed by atoms with E-state index in [2.05, 4.69) is 21.3 Å². The van der Waals surface area contributed by atoms with Gasteiger partial charge in [-0.05, 0) is 89.8 Å². The van der Waals surface area contributed by atoms with Crippen molar-refractivity contribution in [1.29, 1.82) is 0 Å². The molecule has 0 aliphatic rings. The van der Waals surface area contributed by atoms with Gasteiger partial charge < -0.3 is 21.3 Å².